The van der Waals surface area contributed by atoms with Gasteiger partial charge in [-0.1, -0.05) is 36.4 Å². The van der Waals surface area contributed by atoms with Crippen LogP contribution in [-0.2, 0) is 9.53 Å². The van der Waals surface area contributed by atoms with Gasteiger partial charge in [0.05, 0.1) is 19.6 Å². The average Bonchev–Trinajstić information content (AvgIpc) is 3.13. The highest BCUT2D eigenvalue weighted by Gasteiger charge is 2.40. The number of carbonyl (C=O) groups excluding carboxylic acids is 2. The molecule has 1 aliphatic carbocycles. The summed E-state index contributed by atoms with van der Waals surface area (Å²) in [5.74, 6) is -0.389. The van der Waals surface area contributed by atoms with Crippen molar-refractivity contribution in [2.24, 2.45) is 5.92 Å². The maximum absolute atomic E-state index is 13.3. The lowest BCUT2D eigenvalue weighted by Gasteiger charge is -2.22. The van der Waals surface area contributed by atoms with E-state index in [4.69, 9.17) is 9.47 Å². The molecule has 2 aromatic carbocycles. The van der Waals surface area contributed by atoms with Gasteiger partial charge in [0.15, 0.2) is 5.78 Å². The van der Waals surface area contributed by atoms with Gasteiger partial charge in [-0.3, -0.25) is 4.79 Å². The summed E-state index contributed by atoms with van der Waals surface area (Å²) >= 11 is 0. The first kappa shape index (κ1) is 17.9. The van der Waals surface area contributed by atoms with Gasteiger partial charge in [-0.2, -0.15) is 0 Å². The van der Waals surface area contributed by atoms with Crippen LogP contribution in [0.15, 0.2) is 66.2 Å². The van der Waals surface area contributed by atoms with Crippen molar-refractivity contribution in [1.82, 2.24) is 0 Å². The summed E-state index contributed by atoms with van der Waals surface area (Å²) < 4.78 is 10.3. The summed E-state index contributed by atoms with van der Waals surface area (Å²) in [7, 11) is 1.58. The summed E-state index contributed by atoms with van der Waals surface area (Å²) in [6.45, 7) is 2.05. The van der Waals surface area contributed by atoms with Crippen molar-refractivity contribution in [1.29, 1.82) is 0 Å². The van der Waals surface area contributed by atoms with E-state index in [1.807, 2.05) is 36.4 Å². The molecule has 0 unspecified atom stereocenters. The molecule has 3 rings (SSSR count). The Bertz CT molecular complexity index is 806. The third-order valence-electron chi connectivity index (χ3n) is 4.72. The van der Waals surface area contributed by atoms with Crippen molar-refractivity contribution in [2.75, 3.05) is 13.7 Å². The van der Waals surface area contributed by atoms with E-state index in [1.54, 1.807) is 38.3 Å². The normalized spacial score (nSPS) is 18.9. The molecule has 134 valence electrons. The minimum absolute atomic E-state index is 0.0646. The van der Waals surface area contributed by atoms with Gasteiger partial charge in [-0.05, 0) is 43.2 Å². The van der Waals surface area contributed by atoms with Gasteiger partial charge in [0, 0.05) is 17.1 Å². The first-order chi connectivity index (χ1) is 12.7. The first-order valence-electron chi connectivity index (χ1n) is 8.76. The van der Waals surface area contributed by atoms with Gasteiger partial charge in [0.1, 0.15) is 5.75 Å². The van der Waals surface area contributed by atoms with E-state index in [2.05, 4.69) is 0 Å². The van der Waals surface area contributed by atoms with Gasteiger partial charge in [0.2, 0.25) is 0 Å². The predicted molar refractivity (Wildman–Crippen MR) is 99.3 cm³/mol. The smallest absolute Gasteiger partial charge is 0.334 e. The number of hydrogen-bond acceptors (Lipinski definition) is 4. The lowest BCUT2D eigenvalue weighted by atomic mass is 9.80. The molecule has 0 N–H and O–H groups in total. The maximum Gasteiger partial charge on any atom is 0.334 e. The van der Waals surface area contributed by atoms with Crippen molar-refractivity contribution >= 4 is 11.8 Å². The van der Waals surface area contributed by atoms with Gasteiger partial charge in [0.25, 0.3) is 0 Å². The van der Waals surface area contributed by atoms with E-state index in [-0.39, 0.29) is 18.3 Å². The Morgan fingerprint density at radius 2 is 1.73 bits per heavy atom. The van der Waals surface area contributed by atoms with Crippen molar-refractivity contribution in [3.8, 4) is 5.75 Å². The monoisotopic (exact) mass is 350 g/mol. The minimum atomic E-state index is -0.537. The summed E-state index contributed by atoms with van der Waals surface area (Å²) in [6.07, 6.45) is 2.49. The van der Waals surface area contributed by atoms with E-state index in [0.717, 1.165) is 5.56 Å². The van der Waals surface area contributed by atoms with Crippen LogP contribution in [0.5, 0.6) is 5.75 Å². The molecule has 4 heteroatoms. The standard InChI is InChI=1S/C22H22O4/c1-3-26-22(24)19-14-13-18(15-7-5-4-6-8-15)20(19)21(23)16-9-11-17(25-2)12-10-16/h4-12,14,18,20H,3,13H2,1-2H3/t18-,20-/m1/s1. The lowest BCUT2D eigenvalue weighted by molar-refractivity contribution is -0.138. The van der Waals surface area contributed by atoms with Crippen LogP contribution in [0.1, 0.15) is 35.2 Å². The van der Waals surface area contributed by atoms with Gasteiger partial charge in [-0.15, -0.1) is 0 Å². The topological polar surface area (TPSA) is 52.6 Å². The number of esters is 1. The van der Waals surface area contributed by atoms with Crippen LogP contribution in [0.2, 0.25) is 0 Å². The molecule has 0 aliphatic heterocycles. The molecule has 0 radical (unpaired) electrons. The average molecular weight is 350 g/mol. The molecule has 0 saturated carbocycles. The molecule has 0 amide bonds. The number of rotatable bonds is 6. The molecule has 2 aromatic rings. The van der Waals surface area contributed by atoms with Crippen LogP contribution < -0.4 is 4.74 Å². The third-order valence-corrected chi connectivity index (χ3v) is 4.72. The fourth-order valence-corrected chi connectivity index (χ4v) is 3.45. The Morgan fingerprint density at radius 3 is 2.35 bits per heavy atom. The number of Topliss-reactive ketones (excluding diaryl/α,β-unsaturated/α-hetero) is 1. The highest BCUT2D eigenvalue weighted by atomic mass is 16.5. The van der Waals surface area contributed by atoms with Crippen molar-refractivity contribution in [3.63, 3.8) is 0 Å². The second-order valence-corrected chi connectivity index (χ2v) is 6.20. The Balaban J connectivity index is 1.95. The number of ether oxygens (including phenoxy) is 2. The van der Waals surface area contributed by atoms with Crippen LogP contribution in [0, 0.1) is 5.92 Å². The quantitative estimate of drug-likeness (QED) is 0.579. The largest absolute Gasteiger partial charge is 0.497 e. The first-order valence-corrected chi connectivity index (χ1v) is 8.76. The molecule has 0 spiro atoms. The second kappa shape index (κ2) is 8.00. The van der Waals surface area contributed by atoms with E-state index in [1.165, 1.54) is 0 Å². The molecular weight excluding hydrogens is 328 g/mol. The molecule has 0 heterocycles. The van der Waals surface area contributed by atoms with Crippen LogP contribution in [0.3, 0.4) is 0 Å². The van der Waals surface area contributed by atoms with Crippen LogP contribution in [-0.4, -0.2) is 25.5 Å². The van der Waals surface area contributed by atoms with Gasteiger partial charge < -0.3 is 9.47 Å². The summed E-state index contributed by atoms with van der Waals surface area (Å²) in [5, 5.41) is 0. The van der Waals surface area contributed by atoms with Crippen molar-refractivity contribution < 1.29 is 19.1 Å². The molecular formula is C22H22O4. The number of methoxy groups -OCH3 is 1. The second-order valence-electron chi connectivity index (χ2n) is 6.20. The maximum atomic E-state index is 13.3. The number of allylic oxidation sites excluding steroid dienone is 1. The van der Waals surface area contributed by atoms with Crippen LogP contribution in [0.4, 0.5) is 0 Å². The predicted octanol–water partition coefficient (Wildman–Crippen LogP) is 4.17. The van der Waals surface area contributed by atoms with Crippen LogP contribution >= 0.6 is 0 Å². The molecule has 26 heavy (non-hydrogen) atoms. The Hall–Kier alpha value is -2.88. The molecule has 2 atom stereocenters. The van der Waals surface area contributed by atoms with Crippen molar-refractivity contribution in [3.05, 3.63) is 77.4 Å². The summed E-state index contributed by atoms with van der Waals surface area (Å²) in [4.78, 5) is 25.7. The summed E-state index contributed by atoms with van der Waals surface area (Å²) in [6, 6.07) is 16.8. The fraction of sp³-hybridized carbons (Fsp3) is 0.273. The highest BCUT2D eigenvalue weighted by molar-refractivity contribution is 6.06. The minimum Gasteiger partial charge on any atom is -0.497 e. The number of ketones is 1. The van der Waals surface area contributed by atoms with Gasteiger partial charge >= 0.3 is 5.97 Å². The van der Waals surface area contributed by atoms with Gasteiger partial charge in [-0.25, -0.2) is 4.79 Å². The van der Waals surface area contributed by atoms with E-state index in [9.17, 15) is 9.59 Å². The molecule has 4 nitrogen and oxygen atoms in total. The number of benzene rings is 2. The van der Waals surface area contributed by atoms with E-state index in [0.29, 0.717) is 23.3 Å². The zero-order valence-corrected chi connectivity index (χ0v) is 15.0. The Kier molecular flexibility index (Phi) is 5.52. The molecule has 0 bridgehead atoms. The Labute approximate surface area is 153 Å². The SMILES string of the molecule is CCOC(=O)C1=CC[C@H](c2ccccc2)[C@H]1C(=O)c1ccc(OC)cc1. The molecule has 0 aromatic heterocycles. The fourth-order valence-electron chi connectivity index (χ4n) is 3.45. The van der Waals surface area contributed by atoms with E-state index < -0.39 is 11.9 Å². The van der Waals surface area contributed by atoms with Crippen LogP contribution in [0.25, 0.3) is 0 Å². The Morgan fingerprint density at radius 1 is 1.04 bits per heavy atom. The van der Waals surface area contributed by atoms with Crippen molar-refractivity contribution in [2.45, 2.75) is 19.3 Å². The third kappa shape index (κ3) is 3.54. The number of hydrogen-bond donors (Lipinski definition) is 0. The zero-order valence-electron chi connectivity index (χ0n) is 15.0. The molecule has 0 fully saturated rings. The number of carbonyl (C=O) groups is 2. The zero-order chi connectivity index (χ0) is 18.5. The molecule has 0 saturated heterocycles. The highest BCUT2D eigenvalue weighted by Crippen LogP contribution is 2.42. The lowest BCUT2D eigenvalue weighted by Crippen LogP contribution is -2.25. The van der Waals surface area contributed by atoms with E-state index >= 15 is 0 Å². The molecule has 1 aliphatic rings. The summed E-state index contributed by atoms with van der Waals surface area (Å²) in [5.41, 5.74) is 2.07.